The van der Waals surface area contributed by atoms with E-state index in [1.54, 1.807) is 0 Å². The molecular formula is C9H19ClN2. The SMILES string of the molecule is CCC=CC1NCCNC1C.Cl. The average molecular weight is 191 g/mol. The lowest BCUT2D eigenvalue weighted by Gasteiger charge is -2.28. The molecule has 0 radical (unpaired) electrons. The number of allylic oxidation sites excluding steroid dienone is 1. The first-order valence-electron chi connectivity index (χ1n) is 4.48. The van der Waals surface area contributed by atoms with Gasteiger partial charge in [0.1, 0.15) is 0 Å². The molecule has 1 saturated heterocycles. The minimum absolute atomic E-state index is 0. The van der Waals surface area contributed by atoms with Crippen LogP contribution in [-0.2, 0) is 0 Å². The number of halogens is 1. The molecule has 0 aromatic carbocycles. The van der Waals surface area contributed by atoms with Crippen LogP contribution in [0.5, 0.6) is 0 Å². The van der Waals surface area contributed by atoms with Gasteiger partial charge in [0.25, 0.3) is 0 Å². The van der Waals surface area contributed by atoms with E-state index in [-0.39, 0.29) is 12.4 Å². The van der Waals surface area contributed by atoms with E-state index >= 15 is 0 Å². The molecule has 3 heteroatoms. The van der Waals surface area contributed by atoms with Crippen molar-refractivity contribution in [1.82, 2.24) is 10.6 Å². The highest BCUT2D eigenvalue weighted by atomic mass is 35.5. The van der Waals surface area contributed by atoms with Crippen LogP contribution in [0.25, 0.3) is 0 Å². The van der Waals surface area contributed by atoms with Gasteiger partial charge in [0.15, 0.2) is 0 Å². The van der Waals surface area contributed by atoms with Gasteiger partial charge in [0.05, 0.1) is 0 Å². The predicted octanol–water partition coefficient (Wildman–Crippen LogP) is 1.32. The molecule has 1 aliphatic rings. The van der Waals surface area contributed by atoms with Crippen molar-refractivity contribution in [3.05, 3.63) is 12.2 Å². The molecule has 0 spiro atoms. The Kier molecular flexibility index (Phi) is 6.44. The monoisotopic (exact) mass is 190 g/mol. The smallest absolute Gasteiger partial charge is 0.0403 e. The Morgan fingerprint density at radius 2 is 2.00 bits per heavy atom. The van der Waals surface area contributed by atoms with Crippen molar-refractivity contribution in [2.45, 2.75) is 32.4 Å². The van der Waals surface area contributed by atoms with E-state index in [1.165, 1.54) is 0 Å². The summed E-state index contributed by atoms with van der Waals surface area (Å²) in [5.74, 6) is 0. The van der Waals surface area contributed by atoms with Crippen LogP contribution >= 0.6 is 12.4 Å². The highest BCUT2D eigenvalue weighted by Gasteiger charge is 2.16. The predicted molar refractivity (Wildman–Crippen MR) is 55.9 cm³/mol. The third-order valence-corrected chi connectivity index (χ3v) is 2.09. The van der Waals surface area contributed by atoms with Crippen molar-refractivity contribution in [1.29, 1.82) is 0 Å². The normalized spacial score (nSPS) is 30.2. The fourth-order valence-corrected chi connectivity index (χ4v) is 1.36. The standard InChI is InChI=1S/C9H18N2.ClH/c1-3-4-5-9-8(2)10-6-7-11-9;/h4-5,8-11H,3,6-7H2,1-2H3;1H. The number of piperazine rings is 1. The summed E-state index contributed by atoms with van der Waals surface area (Å²) in [4.78, 5) is 0. The maximum Gasteiger partial charge on any atom is 0.0403 e. The topological polar surface area (TPSA) is 24.1 Å². The van der Waals surface area contributed by atoms with Crippen molar-refractivity contribution in [2.24, 2.45) is 0 Å². The van der Waals surface area contributed by atoms with Gasteiger partial charge in [-0.3, -0.25) is 0 Å². The molecule has 0 aromatic heterocycles. The van der Waals surface area contributed by atoms with Crippen LogP contribution in [0.3, 0.4) is 0 Å². The average Bonchev–Trinajstić information content (AvgIpc) is 2.03. The second kappa shape index (κ2) is 6.46. The Labute approximate surface area is 81.2 Å². The first kappa shape index (κ1) is 11.9. The maximum atomic E-state index is 3.45. The second-order valence-corrected chi connectivity index (χ2v) is 3.06. The molecule has 2 atom stereocenters. The molecule has 2 unspecified atom stereocenters. The Morgan fingerprint density at radius 1 is 1.33 bits per heavy atom. The lowest BCUT2D eigenvalue weighted by Crippen LogP contribution is -2.53. The zero-order valence-electron chi connectivity index (χ0n) is 7.84. The zero-order chi connectivity index (χ0) is 8.10. The molecule has 0 bridgehead atoms. The third-order valence-electron chi connectivity index (χ3n) is 2.09. The first-order valence-corrected chi connectivity index (χ1v) is 4.48. The van der Waals surface area contributed by atoms with Gasteiger partial charge in [-0.25, -0.2) is 0 Å². The third kappa shape index (κ3) is 3.57. The molecule has 2 N–H and O–H groups in total. The molecule has 0 aromatic rings. The summed E-state index contributed by atoms with van der Waals surface area (Å²) in [6, 6.07) is 1.11. The van der Waals surface area contributed by atoms with Gasteiger partial charge >= 0.3 is 0 Å². The molecule has 1 fully saturated rings. The Hall–Kier alpha value is -0.0500. The van der Waals surface area contributed by atoms with Crippen LogP contribution in [0.1, 0.15) is 20.3 Å². The summed E-state index contributed by atoms with van der Waals surface area (Å²) in [6.45, 7) is 6.56. The Bertz CT molecular complexity index is 136. The van der Waals surface area contributed by atoms with Crippen LogP contribution in [0, 0.1) is 0 Å². The highest BCUT2D eigenvalue weighted by Crippen LogP contribution is 1.99. The van der Waals surface area contributed by atoms with Crippen molar-refractivity contribution < 1.29 is 0 Å². The van der Waals surface area contributed by atoms with Crippen molar-refractivity contribution in [2.75, 3.05) is 13.1 Å². The fraction of sp³-hybridized carbons (Fsp3) is 0.778. The molecule has 12 heavy (non-hydrogen) atoms. The van der Waals surface area contributed by atoms with Crippen LogP contribution in [0.2, 0.25) is 0 Å². The summed E-state index contributed by atoms with van der Waals surface area (Å²) in [6.07, 6.45) is 5.61. The molecule has 0 aliphatic carbocycles. The summed E-state index contributed by atoms with van der Waals surface area (Å²) >= 11 is 0. The molecule has 72 valence electrons. The van der Waals surface area contributed by atoms with Crippen LogP contribution < -0.4 is 10.6 Å². The van der Waals surface area contributed by atoms with E-state index in [9.17, 15) is 0 Å². The van der Waals surface area contributed by atoms with Gasteiger partial charge < -0.3 is 10.6 Å². The molecule has 1 aliphatic heterocycles. The van der Waals surface area contributed by atoms with Gasteiger partial charge in [-0.05, 0) is 13.3 Å². The van der Waals surface area contributed by atoms with Crippen molar-refractivity contribution >= 4 is 12.4 Å². The van der Waals surface area contributed by atoms with Gasteiger partial charge in [0, 0.05) is 25.2 Å². The molecular weight excluding hydrogens is 172 g/mol. The van der Waals surface area contributed by atoms with Crippen molar-refractivity contribution in [3.8, 4) is 0 Å². The van der Waals surface area contributed by atoms with Crippen LogP contribution in [0.4, 0.5) is 0 Å². The first-order chi connectivity index (χ1) is 5.34. The molecule has 2 nitrogen and oxygen atoms in total. The lowest BCUT2D eigenvalue weighted by molar-refractivity contribution is 0.383. The fourth-order valence-electron chi connectivity index (χ4n) is 1.36. The second-order valence-electron chi connectivity index (χ2n) is 3.06. The van der Waals surface area contributed by atoms with Crippen LogP contribution in [0.15, 0.2) is 12.2 Å². The maximum absolute atomic E-state index is 3.45. The van der Waals surface area contributed by atoms with Crippen LogP contribution in [-0.4, -0.2) is 25.2 Å². The van der Waals surface area contributed by atoms with E-state index < -0.39 is 0 Å². The number of nitrogens with one attached hydrogen (secondary N) is 2. The Morgan fingerprint density at radius 3 is 2.58 bits per heavy atom. The number of hydrogen-bond acceptors (Lipinski definition) is 2. The summed E-state index contributed by atoms with van der Waals surface area (Å²) in [5.41, 5.74) is 0. The van der Waals surface area contributed by atoms with Gasteiger partial charge in [0.2, 0.25) is 0 Å². The molecule has 0 saturated carbocycles. The summed E-state index contributed by atoms with van der Waals surface area (Å²) < 4.78 is 0. The highest BCUT2D eigenvalue weighted by molar-refractivity contribution is 5.85. The number of hydrogen-bond donors (Lipinski definition) is 2. The van der Waals surface area contributed by atoms with Crippen molar-refractivity contribution in [3.63, 3.8) is 0 Å². The molecule has 1 rings (SSSR count). The van der Waals surface area contributed by atoms with Gasteiger partial charge in [-0.2, -0.15) is 0 Å². The summed E-state index contributed by atoms with van der Waals surface area (Å²) in [7, 11) is 0. The van der Waals surface area contributed by atoms with E-state index in [0.717, 1.165) is 19.5 Å². The number of rotatable bonds is 2. The molecule has 1 heterocycles. The Balaban J connectivity index is 0.00000121. The van der Waals surface area contributed by atoms with E-state index in [2.05, 4.69) is 36.6 Å². The minimum Gasteiger partial charge on any atom is -0.311 e. The molecule has 0 amide bonds. The minimum atomic E-state index is 0. The van der Waals surface area contributed by atoms with E-state index in [0.29, 0.717) is 12.1 Å². The van der Waals surface area contributed by atoms with Gasteiger partial charge in [-0.1, -0.05) is 19.1 Å². The quantitative estimate of drug-likeness (QED) is 0.642. The van der Waals surface area contributed by atoms with E-state index in [1.807, 2.05) is 0 Å². The van der Waals surface area contributed by atoms with Gasteiger partial charge in [-0.15, -0.1) is 12.4 Å². The zero-order valence-corrected chi connectivity index (χ0v) is 8.66. The van der Waals surface area contributed by atoms with E-state index in [4.69, 9.17) is 0 Å². The lowest BCUT2D eigenvalue weighted by atomic mass is 10.1. The summed E-state index contributed by atoms with van der Waals surface area (Å²) in [5, 5.41) is 6.88. The largest absolute Gasteiger partial charge is 0.311 e.